The molecule has 1 aromatic heterocycles. The van der Waals surface area contributed by atoms with Crippen LogP contribution in [0.3, 0.4) is 0 Å². The maximum Gasteiger partial charge on any atom is 0.263 e. The standard InChI is InChI=1S/C35H44ClN5O6S2/c1-6-21-17-35(21,33(45)40-49(46,47)23-13-14-23)39-30(42)25-16-22(38-31(43)28-27(36)24-9-7-8-10-26(24)48-28)18-41(25)32(44)29(34(3,4)5)37-19(2)15-20-11-12-20/h6-10,20-23,25,29H,1,11-18H2,2-5H3,(H,38,43)(H,39,42)(H,40,45)/t21?,22-,25+,29-,35?/m1/s1. The van der Waals surface area contributed by atoms with E-state index in [1.165, 1.54) is 22.3 Å². The highest BCUT2D eigenvalue weighted by Gasteiger charge is 2.62. The molecule has 1 saturated heterocycles. The number of hydrogen-bond acceptors (Lipinski definition) is 8. The first-order valence-electron chi connectivity index (χ1n) is 16.9. The van der Waals surface area contributed by atoms with E-state index in [1.807, 2.05) is 52.0 Å². The second kappa shape index (κ2) is 13.1. The number of benzene rings is 1. The molecular formula is C35H44ClN5O6S2. The van der Waals surface area contributed by atoms with Gasteiger partial charge in [0.05, 0.1) is 10.3 Å². The van der Waals surface area contributed by atoms with E-state index < -0.39 is 68.0 Å². The Morgan fingerprint density at radius 3 is 2.45 bits per heavy atom. The Morgan fingerprint density at radius 2 is 1.86 bits per heavy atom. The highest BCUT2D eigenvalue weighted by Crippen LogP contribution is 2.45. The van der Waals surface area contributed by atoms with Gasteiger partial charge in [0.2, 0.25) is 21.8 Å². The second-order valence-electron chi connectivity index (χ2n) is 15.1. The molecule has 4 amide bonds. The lowest BCUT2D eigenvalue weighted by molar-refractivity contribution is -0.142. The van der Waals surface area contributed by atoms with Crippen molar-refractivity contribution in [1.29, 1.82) is 0 Å². The SMILES string of the molecule is C=CC1CC1(NC(=O)[C@@H]1C[C@@H](NC(=O)c2sc3ccccc3c2Cl)CN1C(=O)[C@@H](N=C(C)CC1CC1)C(C)(C)C)C(=O)NS(=O)(=O)C1CC1. The summed E-state index contributed by atoms with van der Waals surface area (Å²) in [5, 5.41) is 6.29. The molecule has 2 aromatic rings. The van der Waals surface area contributed by atoms with Gasteiger partial charge in [0.15, 0.2) is 0 Å². The first-order valence-corrected chi connectivity index (χ1v) is 19.6. The van der Waals surface area contributed by atoms with Crippen molar-refractivity contribution in [2.24, 2.45) is 22.2 Å². The molecule has 3 saturated carbocycles. The van der Waals surface area contributed by atoms with Gasteiger partial charge in [-0.25, -0.2) is 8.42 Å². The molecule has 4 aliphatic rings. The van der Waals surface area contributed by atoms with Crippen LogP contribution in [0.1, 0.15) is 82.3 Å². The van der Waals surface area contributed by atoms with E-state index in [2.05, 4.69) is 21.9 Å². The number of nitrogens with one attached hydrogen (secondary N) is 3. The number of aliphatic imine (C=N–C) groups is 1. The number of thiophene rings is 1. The molecule has 49 heavy (non-hydrogen) atoms. The number of rotatable bonds is 12. The van der Waals surface area contributed by atoms with Gasteiger partial charge >= 0.3 is 0 Å². The van der Waals surface area contributed by atoms with Gasteiger partial charge in [-0.1, -0.05) is 56.6 Å². The quantitative estimate of drug-likeness (QED) is 0.215. The molecule has 1 aliphatic heterocycles. The van der Waals surface area contributed by atoms with Crippen LogP contribution in [0.5, 0.6) is 0 Å². The van der Waals surface area contributed by atoms with Gasteiger partial charge in [0.25, 0.3) is 11.8 Å². The number of carbonyl (C=O) groups excluding carboxylic acids is 4. The Kier molecular flexibility index (Phi) is 9.51. The second-order valence-corrected chi connectivity index (χ2v) is 18.5. The van der Waals surface area contributed by atoms with E-state index in [-0.39, 0.29) is 25.3 Å². The molecule has 14 heteroatoms. The van der Waals surface area contributed by atoms with Crippen molar-refractivity contribution in [3.05, 3.63) is 46.8 Å². The zero-order valence-corrected chi connectivity index (χ0v) is 30.6. The smallest absolute Gasteiger partial charge is 0.263 e. The van der Waals surface area contributed by atoms with Gasteiger partial charge in [0.1, 0.15) is 22.5 Å². The van der Waals surface area contributed by atoms with Gasteiger partial charge in [0, 0.05) is 34.3 Å². The molecule has 0 spiro atoms. The predicted octanol–water partition coefficient (Wildman–Crippen LogP) is 4.60. The monoisotopic (exact) mass is 729 g/mol. The largest absolute Gasteiger partial charge is 0.347 e. The molecule has 0 radical (unpaired) electrons. The number of hydrogen-bond donors (Lipinski definition) is 3. The molecular weight excluding hydrogens is 686 g/mol. The minimum atomic E-state index is -3.87. The fourth-order valence-electron chi connectivity index (χ4n) is 6.65. The summed E-state index contributed by atoms with van der Waals surface area (Å²) in [6, 6.07) is 4.97. The van der Waals surface area contributed by atoms with E-state index in [1.54, 1.807) is 0 Å². The Hall–Kier alpha value is -3.29. The van der Waals surface area contributed by atoms with E-state index in [0.717, 1.165) is 35.1 Å². The minimum Gasteiger partial charge on any atom is -0.347 e. The van der Waals surface area contributed by atoms with Gasteiger partial charge in [-0.05, 0) is 69.3 Å². The van der Waals surface area contributed by atoms with Gasteiger partial charge in [-0.3, -0.25) is 28.9 Å². The van der Waals surface area contributed by atoms with Crippen molar-refractivity contribution in [1.82, 2.24) is 20.3 Å². The zero-order valence-electron chi connectivity index (χ0n) is 28.3. The van der Waals surface area contributed by atoms with Crippen molar-refractivity contribution >= 4 is 72.4 Å². The van der Waals surface area contributed by atoms with Crippen molar-refractivity contribution in [2.75, 3.05) is 6.54 Å². The number of nitrogens with zero attached hydrogens (tertiary/aromatic N) is 2. The molecule has 2 heterocycles. The van der Waals surface area contributed by atoms with Crippen LogP contribution in [0, 0.1) is 17.3 Å². The zero-order chi connectivity index (χ0) is 35.5. The maximum atomic E-state index is 14.5. The van der Waals surface area contributed by atoms with Crippen molar-refractivity contribution in [3.8, 4) is 0 Å². The molecule has 6 rings (SSSR count). The summed E-state index contributed by atoms with van der Waals surface area (Å²) < 4.78 is 28.3. The van der Waals surface area contributed by atoms with Crippen LogP contribution in [0.2, 0.25) is 5.02 Å². The average molecular weight is 730 g/mol. The summed E-state index contributed by atoms with van der Waals surface area (Å²) in [6.45, 7) is 11.5. The lowest BCUT2D eigenvalue weighted by Crippen LogP contribution is -2.57. The Bertz CT molecular complexity index is 1840. The molecule has 5 atom stereocenters. The van der Waals surface area contributed by atoms with Gasteiger partial charge in [-0.15, -0.1) is 17.9 Å². The van der Waals surface area contributed by atoms with Crippen LogP contribution in [-0.2, 0) is 24.4 Å². The fraction of sp³-hybridized carbons (Fsp3) is 0.571. The van der Waals surface area contributed by atoms with E-state index in [4.69, 9.17) is 16.6 Å². The topological polar surface area (TPSA) is 154 Å². The number of fused-ring (bicyclic) bond motifs is 1. The Labute approximate surface area is 296 Å². The number of halogens is 1. The normalized spacial score (nSPS) is 26.3. The highest BCUT2D eigenvalue weighted by molar-refractivity contribution is 7.91. The molecule has 4 fully saturated rings. The van der Waals surface area contributed by atoms with E-state index in [0.29, 0.717) is 28.7 Å². The van der Waals surface area contributed by atoms with Crippen molar-refractivity contribution in [3.63, 3.8) is 0 Å². The predicted molar refractivity (Wildman–Crippen MR) is 191 cm³/mol. The molecule has 264 valence electrons. The number of amides is 4. The summed E-state index contributed by atoms with van der Waals surface area (Å²) in [6.07, 6.45) is 5.81. The summed E-state index contributed by atoms with van der Waals surface area (Å²) in [7, 11) is -3.87. The fourth-order valence-corrected chi connectivity index (χ4v) is 9.44. The van der Waals surface area contributed by atoms with Crippen molar-refractivity contribution < 1.29 is 27.6 Å². The Morgan fingerprint density at radius 1 is 1.16 bits per heavy atom. The van der Waals surface area contributed by atoms with Crippen molar-refractivity contribution in [2.45, 2.75) is 102 Å². The number of likely N-dealkylation sites (tertiary alicyclic amines) is 1. The molecule has 3 aliphatic carbocycles. The summed E-state index contributed by atoms with van der Waals surface area (Å²) in [5.41, 5.74) is -1.22. The lowest BCUT2D eigenvalue weighted by Gasteiger charge is -2.33. The third kappa shape index (κ3) is 7.44. The van der Waals surface area contributed by atoms with Gasteiger partial charge < -0.3 is 15.5 Å². The number of sulfonamides is 1. The Balaban J connectivity index is 1.27. The number of carbonyl (C=O) groups is 4. The highest BCUT2D eigenvalue weighted by atomic mass is 35.5. The van der Waals surface area contributed by atoms with Crippen LogP contribution >= 0.6 is 22.9 Å². The molecule has 3 N–H and O–H groups in total. The maximum absolute atomic E-state index is 14.5. The molecule has 2 unspecified atom stereocenters. The van der Waals surface area contributed by atoms with E-state index >= 15 is 0 Å². The van der Waals surface area contributed by atoms with Crippen LogP contribution in [0.15, 0.2) is 41.9 Å². The first-order chi connectivity index (χ1) is 23.0. The lowest BCUT2D eigenvalue weighted by atomic mass is 9.85. The molecule has 1 aromatic carbocycles. The first kappa shape index (κ1) is 35.5. The average Bonchev–Trinajstić information content (AvgIpc) is 3.95. The third-order valence-corrected chi connectivity index (χ3v) is 13.4. The van der Waals surface area contributed by atoms with Crippen LogP contribution in [0.25, 0.3) is 10.1 Å². The summed E-state index contributed by atoms with van der Waals surface area (Å²) >= 11 is 7.86. The van der Waals surface area contributed by atoms with Crippen LogP contribution in [0.4, 0.5) is 0 Å². The molecule has 0 bridgehead atoms. The van der Waals surface area contributed by atoms with Gasteiger partial charge in [-0.2, -0.15) is 0 Å². The van der Waals surface area contributed by atoms with Crippen LogP contribution < -0.4 is 15.4 Å². The van der Waals surface area contributed by atoms with E-state index in [9.17, 15) is 27.6 Å². The minimum absolute atomic E-state index is 0.0368. The molecule has 11 nitrogen and oxygen atoms in total. The van der Waals surface area contributed by atoms with Crippen LogP contribution in [-0.4, -0.2) is 78.1 Å². The summed E-state index contributed by atoms with van der Waals surface area (Å²) in [4.78, 5) is 62.3. The summed E-state index contributed by atoms with van der Waals surface area (Å²) in [5.74, 6) is -2.10. The third-order valence-electron chi connectivity index (χ3n) is 9.90.